The van der Waals surface area contributed by atoms with Gasteiger partial charge in [-0.05, 0) is 32.0 Å². The lowest BCUT2D eigenvalue weighted by Gasteiger charge is -2.03. The summed E-state index contributed by atoms with van der Waals surface area (Å²) in [4.78, 5) is 26.5. The number of hydrazone groups is 1. The van der Waals surface area contributed by atoms with E-state index in [9.17, 15) is 14.9 Å². The maximum atomic E-state index is 12.0. The zero-order chi connectivity index (χ0) is 16.1. The molecular weight excluding hydrogens is 284 g/mol. The predicted octanol–water partition coefficient (Wildman–Crippen LogP) is 2.45. The summed E-state index contributed by atoms with van der Waals surface area (Å²) < 4.78 is 0. The minimum Gasteiger partial charge on any atom is -0.267 e. The summed E-state index contributed by atoms with van der Waals surface area (Å²) in [5.74, 6) is -0.515. The van der Waals surface area contributed by atoms with Crippen LogP contribution >= 0.6 is 0 Å². The van der Waals surface area contributed by atoms with E-state index in [0.717, 1.165) is 0 Å². The summed E-state index contributed by atoms with van der Waals surface area (Å²) in [6.07, 6.45) is 1.62. The number of nitro groups is 1. The minimum absolute atomic E-state index is 0.0990. The lowest BCUT2D eigenvalue weighted by atomic mass is 10.1. The zero-order valence-corrected chi connectivity index (χ0v) is 12.1. The Morgan fingerprint density at radius 3 is 2.73 bits per heavy atom. The van der Waals surface area contributed by atoms with Crippen LogP contribution in [0.2, 0.25) is 0 Å². The Bertz CT molecular complexity index is 742. The molecule has 2 rings (SSSR count). The standard InChI is InChI=1S/C15H14N4O3/c1-10-6-7-12(9-14(10)19(21)22)15(20)18-17-11(2)13-5-3-4-8-16-13/h3-9H,1-2H3,(H,18,20)/b17-11+. The number of aryl methyl sites for hydroxylation is 1. The highest BCUT2D eigenvalue weighted by Gasteiger charge is 2.14. The second-order valence-corrected chi connectivity index (χ2v) is 4.61. The zero-order valence-electron chi connectivity index (χ0n) is 12.1. The van der Waals surface area contributed by atoms with Crippen molar-refractivity contribution in [2.24, 2.45) is 5.10 Å². The third-order valence-electron chi connectivity index (χ3n) is 3.03. The maximum absolute atomic E-state index is 12.0. The SMILES string of the molecule is C/C(=N\NC(=O)c1ccc(C)c([N+](=O)[O-])c1)c1ccccn1. The van der Waals surface area contributed by atoms with Gasteiger partial charge in [0, 0.05) is 23.4 Å². The highest BCUT2D eigenvalue weighted by molar-refractivity contribution is 5.99. The van der Waals surface area contributed by atoms with Crippen LogP contribution in [0.4, 0.5) is 5.69 Å². The number of carbonyl (C=O) groups is 1. The summed E-state index contributed by atoms with van der Waals surface area (Å²) in [6.45, 7) is 3.32. The largest absolute Gasteiger partial charge is 0.273 e. The third kappa shape index (κ3) is 3.51. The average Bonchev–Trinajstić information content (AvgIpc) is 2.53. The molecule has 0 aliphatic carbocycles. The topological polar surface area (TPSA) is 97.5 Å². The fourth-order valence-corrected chi connectivity index (χ4v) is 1.78. The smallest absolute Gasteiger partial charge is 0.267 e. The highest BCUT2D eigenvalue weighted by Crippen LogP contribution is 2.19. The van der Waals surface area contributed by atoms with Crippen LogP contribution in [-0.4, -0.2) is 21.5 Å². The second-order valence-electron chi connectivity index (χ2n) is 4.61. The fraction of sp³-hybridized carbons (Fsp3) is 0.133. The van der Waals surface area contributed by atoms with Gasteiger partial charge < -0.3 is 0 Å². The van der Waals surface area contributed by atoms with Gasteiger partial charge in [0.15, 0.2) is 0 Å². The van der Waals surface area contributed by atoms with E-state index in [0.29, 0.717) is 17.0 Å². The Morgan fingerprint density at radius 2 is 2.09 bits per heavy atom. The molecule has 0 spiro atoms. The number of hydrogen-bond acceptors (Lipinski definition) is 5. The summed E-state index contributed by atoms with van der Waals surface area (Å²) >= 11 is 0. The molecule has 0 bridgehead atoms. The van der Waals surface area contributed by atoms with E-state index < -0.39 is 10.8 Å². The lowest BCUT2D eigenvalue weighted by Crippen LogP contribution is -2.19. The van der Waals surface area contributed by atoms with Crippen molar-refractivity contribution in [1.82, 2.24) is 10.4 Å². The van der Waals surface area contributed by atoms with Crippen molar-refractivity contribution in [3.63, 3.8) is 0 Å². The molecule has 1 aromatic heterocycles. The molecule has 0 atom stereocenters. The van der Waals surface area contributed by atoms with Crippen LogP contribution < -0.4 is 5.43 Å². The third-order valence-corrected chi connectivity index (χ3v) is 3.03. The van der Waals surface area contributed by atoms with Crippen LogP contribution in [0.1, 0.15) is 28.5 Å². The van der Waals surface area contributed by atoms with Crippen LogP contribution in [0, 0.1) is 17.0 Å². The number of pyridine rings is 1. The van der Waals surface area contributed by atoms with Crippen molar-refractivity contribution in [2.45, 2.75) is 13.8 Å². The van der Waals surface area contributed by atoms with Crippen molar-refractivity contribution in [2.75, 3.05) is 0 Å². The Balaban J connectivity index is 2.16. The highest BCUT2D eigenvalue weighted by atomic mass is 16.6. The van der Waals surface area contributed by atoms with Gasteiger partial charge in [-0.25, -0.2) is 5.43 Å². The quantitative estimate of drug-likeness (QED) is 0.532. The van der Waals surface area contributed by atoms with Gasteiger partial charge in [0.2, 0.25) is 0 Å². The first kappa shape index (κ1) is 15.3. The van der Waals surface area contributed by atoms with Crippen LogP contribution in [0.15, 0.2) is 47.7 Å². The van der Waals surface area contributed by atoms with Gasteiger partial charge in [-0.15, -0.1) is 0 Å². The van der Waals surface area contributed by atoms with Crippen molar-refractivity contribution in [3.05, 3.63) is 69.5 Å². The Kier molecular flexibility index (Phi) is 4.57. The van der Waals surface area contributed by atoms with E-state index in [2.05, 4.69) is 15.5 Å². The van der Waals surface area contributed by atoms with Crippen LogP contribution in [0.3, 0.4) is 0 Å². The Morgan fingerprint density at radius 1 is 1.32 bits per heavy atom. The maximum Gasteiger partial charge on any atom is 0.273 e. The molecule has 0 saturated heterocycles. The van der Waals surface area contributed by atoms with Gasteiger partial charge in [-0.2, -0.15) is 5.10 Å². The van der Waals surface area contributed by atoms with Gasteiger partial charge in [-0.1, -0.05) is 12.1 Å². The number of nitro benzene ring substituents is 1. The molecule has 1 aromatic carbocycles. The molecule has 0 fully saturated rings. The molecule has 0 unspecified atom stereocenters. The number of amides is 1. The van der Waals surface area contributed by atoms with E-state index >= 15 is 0 Å². The monoisotopic (exact) mass is 298 g/mol. The van der Waals surface area contributed by atoms with Crippen molar-refractivity contribution >= 4 is 17.3 Å². The minimum atomic E-state index is -0.519. The number of rotatable bonds is 4. The van der Waals surface area contributed by atoms with Crippen LogP contribution in [0.5, 0.6) is 0 Å². The molecule has 1 N–H and O–H groups in total. The Hall–Kier alpha value is -3.09. The molecule has 2 aromatic rings. The number of aromatic nitrogens is 1. The lowest BCUT2D eigenvalue weighted by molar-refractivity contribution is -0.385. The first-order chi connectivity index (χ1) is 10.5. The van der Waals surface area contributed by atoms with E-state index in [1.165, 1.54) is 18.2 Å². The van der Waals surface area contributed by atoms with Gasteiger partial charge >= 0.3 is 0 Å². The summed E-state index contributed by atoms with van der Waals surface area (Å²) in [5.41, 5.74) is 4.12. The summed E-state index contributed by atoms with van der Waals surface area (Å²) in [5, 5.41) is 14.8. The number of carbonyl (C=O) groups excluding carboxylic acids is 1. The summed E-state index contributed by atoms with van der Waals surface area (Å²) in [6, 6.07) is 9.64. The number of benzene rings is 1. The van der Waals surface area contributed by atoms with Gasteiger partial charge in [0.25, 0.3) is 11.6 Å². The van der Waals surface area contributed by atoms with E-state index in [4.69, 9.17) is 0 Å². The molecule has 7 heteroatoms. The van der Waals surface area contributed by atoms with Gasteiger partial charge in [0.1, 0.15) is 0 Å². The molecule has 1 amide bonds. The normalized spacial score (nSPS) is 11.1. The van der Waals surface area contributed by atoms with Crippen LogP contribution in [-0.2, 0) is 0 Å². The van der Waals surface area contributed by atoms with Crippen LogP contribution in [0.25, 0.3) is 0 Å². The molecule has 22 heavy (non-hydrogen) atoms. The molecule has 7 nitrogen and oxygen atoms in total. The van der Waals surface area contributed by atoms with Crippen molar-refractivity contribution < 1.29 is 9.72 Å². The molecule has 0 radical (unpaired) electrons. The molecule has 0 aliphatic rings. The molecule has 1 heterocycles. The van der Waals surface area contributed by atoms with Gasteiger partial charge in [0.05, 0.1) is 16.3 Å². The van der Waals surface area contributed by atoms with E-state index in [-0.39, 0.29) is 11.3 Å². The van der Waals surface area contributed by atoms with Gasteiger partial charge in [-0.3, -0.25) is 19.9 Å². The van der Waals surface area contributed by atoms with E-state index in [1.54, 1.807) is 32.2 Å². The summed E-state index contributed by atoms with van der Waals surface area (Å²) in [7, 11) is 0. The molecular formula is C15H14N4O3. The molecule has 0 saturated carbocycles. The first-order valence-electron chi connectivity index (χ1n) is 6.50. The second kappa shape index (κ2) is 6.57. The Labute approximate surface area is 126 Å². The first-order valence-corrected chi connectivity index (χ1v) is 6.50. The average molecular weight is 298 g/mol. The van der Waals surface area contributed by atoms with Crippen molar-refractivity contribution in [3.8, 4) is 0 Å². The fourth-order valence-electron chi connectivity index (χ4n) is 1.78. The molecule has 0 aliphatic heterocycles. The number of hydrogen-bond donors (Lipinski definition) is 1. The van der Waals surface area contributed by atoms with E-state index in [1.807, 2.05) is 6.07 Å². The van der Waals surface area contributed by atoms with Crippen molar-refractivity contribution in [1.29, 1.82) is 0 Å². The number of nitrogens with zero attached hydrogens (tertiary/aromatic N) is 3. The molecule has 112 valence electrons. The predicted molar refractivity (Wildman–Crippen MR) is 81.7 cm³/mol. The number of nitrogens with one attached hydrogen (secondary N) is 1.